The molecule has 0 bridgehead atoms. The average Bonchev–Trinajstić information content (AvgIpc) is 3.27. The zero-order chi connectivity index (χ0) is 26.0. The molecule has 0 saturated heterocycles. The SMILES string of the molecule is O=S(=O)(NCc1cccc(CNc2cc(-c3ccccc3O)nc3c(Br)cnn23)c1)c1ccccc1F. The predicted octanol–water partition coefficient (Wildman–Crippen LogP) is 5.09. The van der Waals surface area contributed by atoms with Crippen LogP contribution in [-0.2, 0) is 23.1 Å². The maximum Gasteiger partial charge on any atom is 0.243 e. The van der Waals surface area contributed by atoms with Gasteiger partial charge in [-0.25, -0.2) is 22.5 Å². The van der Waals surface area contributed by atoms with Gasteiger partial charge in [0.2, 0.25) is 10.0 Å². The summed E-state index contributed by atoms with van der Waals surface area (Å²) in [5, 5.41) is 18.0. The number of phenols is 1. The summed E-state index contributed by atoms with van der Waals surface area (Å²) in [5.41, 5.74) is 3.36. The Morgan fingerprint density at radius 3 is 2.46 bits per heavy atom. The maximum absolute atomic E-state index is 14.0. The van der Waals surface area contributed by atoms with E-state index in [0.29, 0.717) is 33.7 Å². The molecule has 188 valence electrons. The lowest BCUT2D eigenvalue weighted by atomic mass is 10.1. The summed E-state index contributed by atoms with van der Waals surface area (Å²) in [7, 11) is -4.00. The summed E-state index contributed by atoms with van der Waals surface area (Å²) in [5.74, 6) is -0.0313. The third-order valence-corrected chi connectivity index (χ3v) is 7.66. The van der Waals surface area contributed by atoms with Crippen LogP contribution in [0.4, 0.5) is 10.2 Å². The average molecular weight is 582 g/mol. The summed E-state index contributed by atoms with van der Waals surface area (Å²) in [6, 6.07) is 21.4. The molecule has 0 fully saturated rings. The van der Waals surface area contributed by atoms with Crippen molar-refractivity contribution in [2.24, 2.45) is 0 Å². The number of anilines is 1. The van der Waals surface area contributed by atoms with Crippen molar-refractivity contribution in [1.29, 1.82) is 0 Å². The second-order valence-electron chi connectivity index (χ2n) is 8.20. The van der Waals surface area contributed by atoms with Crippen molar-refractivity contribution in [2.75, 3.05) is 5.32 Å². The first-order valence-electron chi connectivity index (χ1n) is 11.2. The molecule has 2 heterocycles. The zero-order valence-corrected chi connectivity index (χ0v) is 21.7. The predicted molar refractivity (Wildman–Crippen MR) is 142 cm³/mol. The summed E-state index contributed by atoms with van der Waals surface area (Å²) in [4.78, 5) is 4.25. The number of halogens is 2. The summed E-state index contributed by atoms with van der Waals surface area (Å²) in [6.07, 6.45) is 1.64. The number of hydrogen-bond acceptors (Lipinski definition) is 6. The fraction of sp³-hybridized carbons (Fsp3) is 0.0769. The molecule has 5 aromatic rings. The molecule has 5 rings (SSSR count). The van der Waals surface area contributed by atoms with Gasteiger partial charge in [-0.2, -0.15) is 9.61 Å². The fourth-order valence-corrected chi connectivity index (χ4v) is 5.29. The lowest BCUT2D eigenvalue weighted by Crippen LogP contribution is -2.24. The van der Waals surface area contributed by atoms with Crippen LogP contribution in [0.5, 0.6) is 5.75 Å². The maximum atomic E-state index is 14.0. The molecule has 0 spiro atoms. The van der Waals surface area contributed by atoms with Crippen LogP contribution in [0.1, 0.15) is 11.1 Å². The Bertz CT molecular complexity index is 1710. The third-order valence-electron chi connectivity index (χ3n) is 5.67. The minimum absolute atomic E-state index is 0.00749. The van der Waals surface area contributed by atoms with Gasteiger partial charge < -0.3 is 10.4 Å². The van der Waals surface area contributed by atoms with E-state index in [1.165, 1.54) is 18.2 Å². The highest BCUT2D eigenvalue weighted by Gasteiger charge is 2.18. The number of rotatable bonds is 8. The lowest BCUT2D eigenvalue weighted by molar-refractivity contribution is 0.477. The van der Waals surface area contributed by atoms with Crippen molar-refractivity contribution in [2.45, 2.75) is 18.0 Å². The Morgan fingerprint density at radius 2 is 1.68 bits per heavy atom. The van der Waals surface area contributed by atoms with Gasteiger partial charge in [0.25, 0.3) is 0 Å². The van der Waals surface area contributed by atoms with E-state index in [1.54, 1.807) is 41.0 Å². The van der Waals surface area contributed by atoms with Crippen LogP contribution in [0.25, 0.3) is 16.9 Å². The molecular formula is C26H21BrFN5O3S. The molecule has 11 heteroatoms. The molecule has 3 N–H and O–H groups in total. The second-order valence-corrected chi connectivity index (χ2v) is 10.8. The van der Waals surface area contributed by atoms with Crippen molar-refractivity contribution < 1.29 is 17.9 Å². The number of phenolic OH excluding ortho intramolecular Hbond substituents is 1. The number of fused-ring (bicyclic) bond motifs is 1. The highest BCUT2D eigenvalue weighted by atomic mass is 79.9. The number of benzene rings is 3. The smallest absolute Gasteiger partial charge is 0.243 e. The molecule has 0 saturated carbocycles. The van der Waals surface area contributed by atoms with Gasteiger partial charge in [-0.05, 0) is 51.3 Å². The van der Waals surface area contributed by atoms with Crippen LogP contribution in [0.15, 0.2) is 94.4 Å². The molecule has 37 heavy (non-hydrogen) atoms. The monoisotopic (exact) mass is 581 g/mol. The van der Waals surface area contributed by atoms with Crippen molar-refractivity contribution in [3.63, 3.8) is 0 Å². The number of para-hydroxylation sites is 1. The highest BCUT2D eigenvalue weighted by molar-refractivity contribution is 9.10. The summed E-state index contributed by atoms with van der Waals surface area (Å²) in [6.45, 7) is 0.415. The van der Waals surface area contributed by atoms with E-state index < -0.39 is 15.8 Å². The summed E-state index contributed by atoms with van der Waals surface area (Å²) < 4.78 is 43.8. The van der Waals surface area contributed by atoms with Gasteiger partial charge in [0.05, 0.1) is 16.4 Å². The standard InChI is InChI=1S/C26H21BrFN5O3S/c27-20-16-30-33-25(13-22(32-26(20)33)19-8-1-3-10-23(19)34)29-14-17-6-5-7-18(12-17)15-31-37(35,36)24-11-4-2-9-21(24)28/h1-13,16,29,31,34H,14-15H2. The number of aromatic nitrogens is 3. The number of hydrogen-bond donors (Lipinski definition) is 3. The largest absolute Gasteiger partial charge is 0.507 e. The number of nitrogens with zero attached hydrogens (tertiary/aromatic N) is 3. The Morgan fingerprint density at radius 1 is 0.946 bits per heavy atom. The zero-order valence-electron chi connectivity index (χ0n) is 19.3. The molecular weight excluding hydrogens is 561 g/mol. The molecule has 0 unspecified atom stereocenters. The minimum Gasteiger partial charge on any atom is -0.507 e. The van der Waals surface area contributed by atoms with E-state index in [2.05, 4.69) is 36.1 Å². The van der Waals surface area contributed by atoms with Gasteiger partial charge in [0, 0.05) is 24.7 Å². The van der Waals surface area contributed by atoms with E-state index in [0.717, 1.165) is 17.2 Å². The molecule has 0 aliphatic heterocycles. The molecule has 2 aromatic heterocycles. The van der Waals surface area contributed by atoms with E-state index in [1.807, 2.05) is 24.3 Å². The van der Waals surface area contributed by atoms with Gasteiger partial charge in [-0.3, -0.25) is 0 Å². The quantitative estimate of drug-likeness (QED) is 0.235. The van der Waals surface area contributed by atoms with E-state index >= 15 is 0 Å². The van der Waals surface area contributed by atoms with E-state index in [4.69, 9.17) is 0 Å². The summed E-state index contributed by atoms with van der Waals surface area (Å²) >= 11 is 3.47. The first kappa shape index (κ1) is 24.9. The van der Waals surface area contributed by atoms with Crippen LogP contribution >= 0.6 is 15.9 Å². The molecule has 8 nitrogen and oxygen atoms in total. The first-order chi connectivity index (χ1) is 17.8. The minimum atomic E-state index is -4.00. The van der Waals surface area contributed by atoms with Crippen molar-refractivity contribution in [1.82, 2.24) is 19.3 Å². The Hall–Kier alpha value is -3.80. The molecule has 3 aromatic carbocycles. The Balaban J connectivity index is 1.36. The topological polar surface area (TPSA) is 109 Å². The van der Waals surface area contributed by atoms with Crippen molar-refractivity contribution in [3.05, 3.63) is 106 Å². The molecule has 0 radical (unpaired) electrons. The Kier molecular flexibility index (Phi) is 6.92. The van der Waals surface area contributed by atoms with Gasteiger partial charge in [0.1, 0.15) is 22.3 Å². The van der Waals surface area contributed by atoms with E-state index in [-0.39, 0.29) is 17.2 Å². The lowest BCUT2D eigenvalue weighted by Gasteiger charge is -2.13. The fourth-order valence-electron chi connectivity index (χ4n) is 3.85. The first-order valence-corrected chi connectivity index (χ1v) is 13.5. The number of nitrogens with one attached hydrogen (secondary N) is 2. The van der Waals surface area contributed by atoms with Crippen LogP contribution in [0.3, 0.4) is 0 Å². The van der Waals surface area contributed by atoms with Crippen molar-refractivity contribution >= 4 is 37.4 Å². The number of sulfonamides is 1. The number of aromatic hydroxyl groups is 1. The van der Waals surface area contributed by atoms with Gasteiger partial charge in [-0.1, -0.05) is 48.5 Å². The van der Waals surface area contributed by atoms with Gasteiger partial charge >= 0.3 is 0 Å². The van der Waals surface area contributed by atoms with Crippen LogP contribution in [-0.4, -0.2) is 28.1 Å². The van der Waals surface area contributed by atoms with Gasteiger partial charge in [-0.15, -0.1) is 0 Å². The normalized spacial score (nSPS) is 11.6. The van der Waals surface area contributed by atoms with Gasteiger partial charge in [0.15, 0.2) is 5.65 Å². The molecule has 0 aliphatic carbocycles. The van der Waals surface area contributed by atoms with Crippen LogP contribution < -0.4 is 10.0 Å². The Labute approximate surface area is 221 Å². The van der Waals surface area contributed by atoms with Crippen LogP contribution in [0, 0.1) is 5.82 Å². The second kappa shape index (κ2) is 10.3. The third kappa shape index (κ3) is 5.33. The van der Waals surface area contributed by atoms with Crippen LogP contribution in [0.2, 0.25) is 0 Å². The van der Waals surface area contributed by atoms with Crippen molar-refractivity contribution in [3.8, 4) is 17.0 Å². The molecule has 0 aliphatic rings. The molecule has 0 amide bonds. The molecule has 0 atom stereocenters. The van der Waals surface area contributed by atoms with E-state index in [9.17, 15) is 17.9 Å². The highest BCUT2D eigenvalue weighted by Crippen LogP contribution is 2.31.